The Kier molecular flexibility index (Phi) is 4.93. The third-order valence-corrected chi connectivity index (χ3v) is 11.7. The Morgan fingerprint density at radius 2 is 1.88 bits per heavy atom. The number of hydrogen-bond acceptors (Lipinski definition) is 5. The number of carbonyl (C=O) groups is 1. The molecule has 32 heavy (non-hydrogen) atoms. The van der Waals surface area contributed by atoms with Gasteiger partial charge in [-0.2, -0.15) is 0 Å². The molecule has 4 aliphatic carbocycles. The molecule has 2 heterocycles. The molecule has 0 radical (unpaired) electrons. The number of cyclic esters (lactones) is 1. The maximum atomic E-state index is 12.3. The summed E-state index contributed by atoms with van der Waals surface area (Å²) in [5, 5.41) is 22.4. The predicted octanol–water partition coefficient (Wildman–Crippen LogP) is 3.68. The molecule has 6 aliphatic rings. The highest BCUT2D eigenvalue weighted by molar-refractivity contribution is 5.85. The summed E-state index contributed by atoms with van der Waals surface area (Å²) in [6.45, 7) is 7.21. The topological polar surface area (TPSA) is 70.0 Å². The molecule has 0 amide bonds. The number of ether oxygens (including phenoxy) is 1. The number of aliphatic hydroxyl groups is 2. The lowest BCUT2D eigenvalue weighted by molar-refractivity contribution is -0.206. The Bertz CT molecular complexity index is 826. The molecule has 178 valence electrons. The first-order valence-corrected chi connectivity index (χ1v) is 13.3. The molecule has 2 aliphatic heterocycles. The fraction of sp³-hybridized carbons (Fsp3) is 0.889. The van der Waals surface area contributed by atoms with E-state index in [9.17, 15) is 15.0 Å². The van der Waals surface area contributed by atoms with Crippen LogP contribution >= 0.6 is 0 Å². The van der Waals surface area contributed by atoms with Crippen LogP contribution < -0.4 is 0 Å². The molecule has 0 aromatic rings. The lowest BCUT2D eigenvalue weighted by Crippen LogP contribution is -2.62. The minimum absolute atomic E-state index is 0.129. The van der Waals surface area contributed by atoms with Gasteiger partial charge in [0.05, 0.1) is 11.7 Å². The summed E-state index contributed by atoms with van der Waals surface area (Å²) in [6, 6.07) is 0.640. The summed E-state index contributed by atoms with van der Waals surface area (Å²) in [7, 11) is 0. The number of β-amino-alcohol motifs (C(OH)–C–C–N with tert-alkyl or cyclic N) is 1. The molecule has 5 fully saturated rings. The summed E-state index contributed by atoms with van der Waals surface area (Å²) in [5.41, 5.74) is 0.704. The summed E-state index contributed by atoms with van der Waals surface area (Å²) in [4.78, 5) is 14.3. The zero-order valence-corrected chi connectivity index (χ0v) is 19.9. The molecule has 5 heteroatoms. The average Bonchev–Trinajstić information content (AvgIpc) is 3.45. The van der Waals surface area contributed by atoms with Gasteiger partial charge in [0, 0.05) is 30.6 Å². The van der Waals surface area contributed by atoms with Gasteiger partial charge < -0.3 is 14.9 Å². The average molecular weight is 444 g/mol. The van der Waals surface area contributed by atoms with Crippen molar-refractivity contribution in [2.75, 3.05) is 19.7 Å². The summed E-state index contributed by atoms with van der Waals surface area (Å²) in [5.74, 6) is 1.81. The molecule has 1 saturated heterocycles. The number of hydrogen-bond donors (Lipinski definition) is 2. The molecule has 0 aromatic heterocycles. The van der Waals surface area contributed by atoms with Gasteiger partial charge in [-0.05, 0) is 98.9 Å². The zero-order chi connectivity index (χ0) is 22.3. The van der Waals surface area contributed by atoms with Gasteiger partial charge in [0.1, 0.15) is 6.61 Å². The minimum atomic E-state index is -0.614. The molecule has 0 spiro atoms. The van der Waals surface area contributed by atoms with Crippen LogP contribution in [0.1, 0.15) is 78.1 Å². The highest BCUT2D eigenvalue weighted by Crippen LogP contribution is 2.70. The highest BCUT2D eigenvalue weighted by Gasteiger charge is 2.67. The second-order valence-electron chi connectivity index (χ2n) is 12.7. The van der Waals surface area contributed by atoms with E-state index < -0.39 is 5.60 Å². The van der Waals surface area contributed by atoms with Crippen molar-refractivity contribution in [3.05, 3.63) is 11.6 Å². The summed E-state index contributed by atoms with van der Waals surface area (Å²) < 4.78 is 5.25. The standard InChI is InChI=1S/C27H41NO4/c1-25-9-5-19(28-12-8-20(29)15-28)14-18(25)3-4-23-22(25)6-10-26(2)21(7-11-27(23,26)31)17-13-24(30)32-16-17/h13,18-23,29,31H,3-12,14-16H2,1-2H3/t18-,19+,20?,21-,22+,23-,25+,26-,27+/m1/s1. The van der Waals surface area contributed by atoms with Crippen LogP contribution in [0, 0.1) is 34.5 Å². The van der Waals surface area contributed by atoms with Gasteiger partial charge >= 0.3 is 5.97 Å². The van der Waals surface area contributed by atoms with E-state index in [0.717, 1.165) is 56.7 Å². The van der Waals surface area contributed by atoms with Gasteiger partial charge in [-0.3, -0.25) is 4.90 Å². The Morgan fingerprint density at radius 3 is 2.59 bits per heavy atom. The Morgan fingerprint density at radius 1 is 1.03 bits per heavy atom. The van der Waals surface area contributed by atoms with Crippen LogP contribution in [-0.4, -0.2) is 58.5 Å². The molecule has 0 bridgehead atoms. The fourth-order valence-corrected chi connectivity index (χ4v) is 9.82. The Balaban J connectivity index is 1.23. The van der Waals surface area contributed by atoms with E-state index in [1.54, 1.807) is 6.08 Å². The number of fused-ring (bicyclic) bond motifs is 5. The molecule has 2 N–H and O–H groups in total. The number of esters is 1. The van der Waals surface area contributed by atoms with Crippen molar-refractivity contribution in [1.29, 1.82) is 0 Å². The van der Waals surface area contributed by atoms with E-state index in [4.69, 9.17) is 4.74 Å². The van der Waals surface area contributed by atoms with E-state index in [2.05, 4.69) is 18.7 Å². The van der Waals surface area contributed by atoms with E-state index in [1.807, 2.05) is 0 Å². The number of carbonyl (C=O) groups excluding carboxylic acids is 1. The molecule has 1 unspecified atom stereocenters. The number of likely N-dealkylation sites (tertiary alicyclic amines) is 1. The Hall–Kier alpha value is -0.910. The molecular formula is C27H41NO4. The van der Waals surface area contributed by atoms with Crippen molar-refractivity contribution in [3.8, 4) is 0 Å². The van der Waals surface area contributed by atoms with Gasteiger partial charge in [-0.25, -0.2) is 4.79 Å². The second-order valence-corrected chi connectivity index (χ2v) is 12.7. The van der Waals surface area contributed by atoms with Crippen molar-refractivity contribution < 1.29 is 19.7 Å². The van der Waals surface area contributed by atoms with Gasteiger partial charge in [0.25, 0.3) is 0 Å². The molecule has 9 atom stereocenters. The first-order chi connectivity index (χ1) is 15.2. The van der Waals surface area contributed by atoms with Gasteiger partial charge in [0.15, 0.2) is 0 Å². The molecule has 6 rings (SSSR count). The molecular weight excluding hydrogens is 402 g/mol. The van der Waals surface area contributed by atoms with E-state index in [1.165, 1.54) is 32.1 Å². The summed E-state index contributed by atoms with van der Waals surface area (Å²) >= 11 is 0. The van der Waals surface area contributed by atoms with Crippen LogP contribution in [0.2, 0.25) is 0 Å². The van der Waals surface area contributed by atoms with Crippen molar-refractivity contribution in [2.45, 2.75) is 95.8 Å². The number of nitrogens with zero attached hydrogens (tertiary/aromatic N) is 1. The number of aliphatic hydroxyl groups excluding tert-OH is 1. The third-order valence-electron chi connectivity index (χ3n) is 11.7. The third kappa shape index (κ3) is 2.89. The van der Waals surface area contributed by atoms with Gasteiger partial charge in [-0.1, -0.05) is 13.8 Å². The quantitative estimate of drug-likeness (QED) is 0.637. The van der Waals surface area contributed by atoms with Crippen molar-refractivity contribution in [2.24, 2.45) is 34.5 Å². The smallest absolute Gasteiger partial charge is 0.331 e. The van der Waals surface area contributed by atoms with Crippen LogP contribution in [0.5, 0.6) is 0 Å². The van der Waals surface area contributed by atoms with Crippen LogP contribution in [0.25, 0.3) is 0 Å². The van der Waals surface area contributed by atoms with Crippen LogP contribution in [-0.2, 0) is 9.53 Å². The number of rotatable bonds is 2. The van der Waals surface area contributed by atoms with E-state index in [-0.39, 0.29) is 23.4 Å². The van der Waals surface area contributed by atoms with Crippen LogP contribution in [0.3, 0.4) is 0 Å². The maximum Gasteiger partial charge on any atom is 0.331 e. The largest absolute Gasteiger partial charge is 0.458 e. The zero-order valence-electron chi connectivity index (χ0n) is 19.9. The van der Waals surface area contributed by atoms with Crippen LogP contribution in [0.4, 0.5) is 0 Å². The van der Waals surface area contributed by atoms with Crippen molar-refractivity contribution >= 4 is 5.97 Å². The maximum absolute atomic E-state index is 12.3. The first-order valence-electron chi connectivity index (χ1n) is 13.3. The van der Waals surface area contributed by atoms with Gasteiger partial charge in [0.2, 0.25) is 0 Å². The minimum Gasteiger partial charge on any atom is -0.458 e. The second kappa shape index (κ2) is 7.29. The van der Waals surface area contributed by atoms with E-state index in [0.29, 0.717) is 29.9 Å². The van der Waals surface area contributed by atoms with Gasteiger partial charge in [-0.15, -0.1) is 0 Å². The van der Waals surface area contributed by atoms with Crippen molar-refractivity contribution in [1.82, 2.24) is 4.90 Å². The van der Waals surface area contributed by atoms with Crippen LogP contribution in [0.15, 0.2) is 11.6 Å². The summed E-state index contributed by atoms with van der Waals surface area (Å²) in [6.07, 6.45) is 12.8. The molecule has 4 saturated carbocycles. The molecule has 0 aromatic carbocycles. The molecule has 5 nitrogen and oxygen atoms in total. The highest BCUT2D eigenvalue weighted by atomic mass is 16.5. The lowest BCUT2D eigenvalue weighted by atomic mass is 9.43. The SMILES string of the molecule is C[C@]12CC[C@H](N3CCC(O)C3)C[C@H]1CC[C@@H]1[C@@H]2CC[C@]2(C)[C@@H](C3=CC(=O)OC3)CC[C@]12O. The normalized spacial score (nSPS) is 53.4. The Labute approximate surface area is 192 Å². The van der Waals surface area contributed by atoms with E-state index >= 15 is 0 Å². The monoisotopic (exact) mass is 443 g/mol. The first kappa shape index (κ1) is 21.6. The predicted molar refractivity (Wildman–Crippen MR) is 122 cm³/mol. The lowest BCUT2D eigenvalue weighted by Gasteiger charge is -2.64. The van der Waals surface area contributed by atoms with Crippen molar-refractivity contribution in [3.63, 3.8) is 0 Å². The fourth-order valence-electron chi connectivity index (χ4n) is 9.82.